The van der Waals surface area contributed by atoms with Crippen molar-refractivity contribution in [3.8, 4) is 28.7 Å². The van der Waals surface area contributed by atoms with E-state index in [9.17, 15) is 51.1 Å². The summed E-state index contributed by atoms with van der Waals surface area (Å²) in [6, 6.07) is 6.04. The molecular formula is C26H30O15. The first-order valence-corrected chi connectivity index (χ1v) is 12.5. The van der Waals surface area contributed by atoms with Crippen molar-refractivity contribution >= 4 is 6.08 Å². The first-order chi connectivity index (χ1) is 19.5. The van der Waals surface area contributed by atoms with Crippen LogP contribution in [-0.4, -0.2) is 120 Å². The molecule has 0 aromatic heterocycles. The molecule has 1 unspecified atom stereocenters. The summed E-state index contributed by atoms with van der Waals surface area (Å²) >= 11 is 0. The van der Waals surface area contributed by atoms with E-state index in [1.165, 1.54) is 30.3 Å². The zero-order chi connectivity index (χ0) is 29.6. The van der Waals surface area contributed by atoms with Gasteiger partial charge in [-0.05, 0) is 18.2 Å². The number of rotatable bonds is 6. The van der Waals surface area contributed by atoms with Gasteiger partial charge in [-0.1, -0.05) is 6.07 Å². The van der Waals surface area contributed by atoms with Gasteiger partial charge in [0.1, 0.15) is 59.6 Å². The molecule has 0 bridgehead atoms. The van der Waals surface area contributed by atoms with Gasteiger partial charge < -0.3 is 74.7 Å². The molecule has 0 saturated carbocycles. The van der Waals surface area contributed by atoms with Crippen molar-refractivity contribution in [2.24, 2.45) is 0 Å². The van der Waals surface area contributed by atoms with Crippen molar-refractivity contribution in [3.63, 3.8) is 0 Å². The van der Waals surface area contributed by atoms with E-state index in [1.807, 2.05) is 0 Å². The Hall–Kier alpha value is -3.38. The Labute approximate surface area is 231 Å². The predicted molar refractivity (Wildman–Crippen MR) is 132 cm³/mol. The van der Waals surface area contributed by atoms with Crippen LogP contribution in [0.1, 0.15) is 17.2 Å². The standard InChI is InChI=1S/C26H30O15/c27-7-18-20(34)21(35)24(41-25-22(36)19(33)15(32)8-37-25)26(40-18)39-17-6-11-13(30)4-10(28)5-16(11)38-23(17)9-1-2-12(29)14(31)3-9/h1-6,15,18-36H,7-8H2/t15-,18-,19+,20+,21+,22-,23?,24-,25+,26-/m1/s1. The third kappa shape index (κ3) is 5.59. The fraction of sp³-hybridized carbons (Fsp3) is 0.462. The molecule has 0 aliphatic carbocycles. The molecule has 2 saturated heterocycles. The highest BCUT2D eigenvalue weighted by molar-refractivity contribution is 5.69. The summed E-state index contributed by atoms with van der Waals surface area (Å²) < 4.78 is 28.6. The van der Waals surface area contributed by atoms with Crippen molar-refractivity contribution in [1.82, 2.24) is 0 Å². The van der Waals surface area contributed by atoms with Gasteiger partial charge in [-0.2, -0.15) is 0 Å². The van der Waals surface area contributed by atoms with E-state index in [0.29, 0.717) is 0 Å². The molecule has 15 heteroatoms. The van der Waals surface area contributed by atoms with E-state index in [0.717, 1.165) is 6.07 Å². The molecule has 15 nitrogen and oxygen atoms in total. The Morgan fingerprint density at radius 3 is 2.27 bits per heavy atom. The fourth-order valence-electron chi connectivity index (χ4n) is 4.76. The van der Waals surface area contributed by atoms with Gasteiger partial charge in [-0.25, -0.2) is 0 Å². The van der Waals surface area contributed by atoms with Crippen molar-refractivity contribution in [3.05, 3.63) is 47.2 Å². The molecule has 0 radical (unpaired) electrons. The summed E-state index contributed by atoms with van der Waals surface area (Å²) in [6.45, 7) is -1.17. The highest BCUT2D eigenvalue weighted by Crippen LogP contribution is 2.45. The molecule has 3 heterocycles. The molecule has 10 atom stereocenters. The lowest BCUT2D eigenvalue weighted by Gasteiger charge is -2.45. The van der Waals surface area contributed by atoms with Crippen LogP contribution in [0.15, 0.2) is 36.1 Å². The Morgan fingerprint density at radius 2 is 1.56 bits per heavy atom. The molecule has 41 heavy (non-hydrogen) atoms. The lowest BCUT2D eigenvalue weighted by molar-refractivity contribution is -0.352. The van der Waals surface area contributed by atoms with Crippen molar-refractivity contribution in [1.29, 1.82) is 0 Å². The summed E-state index contributed by atoms with van der Waals surface area (Å²) in [7, 11) is 0. The molecule has 3 aliphatic rings. The van der Waals surface area contributed by atoms with E-state index in [-0.39, 0.29) is 34.1 Å². The topological polar surface area (TPSA) is 248 Å². The van der Waals surface area contributed by atoms with Crippen LogP contribution in [0.3, 0.4) is 0 Å². The zero-order valence-electron chi connectivity index (χ0n) is 21.2. The number of ether oxygens (including phenoxy) is 5. The molecule has 2 aromatic carbocycles. The molecule has 5 rings (SSSR count). The fourth-order valence-corrected chi connectivity index (χ4v) is 4.76. The van der Waals surface area contributed by atoms with E-state index in [1.54, 1.807) is 0 Å². The third-order valence-corrected chi connectivity index (χ3v) is 7.02. The molecule has 3 aliphatic heterocycles. The van der Waals surface area contributed by atoms with Crippen LogP contribution in [0.25, 0.3) is 6.08 Å². The summed E-state index contributed by atoms with van der Waals surface area (Å²) in [6.07, 6.45) is -14.4. The van der Waals surface area contributed by atoms with Gasteiger partial charge >= 0.3 is 0 Å². The van der Waals surface area contributed by atoms with Crippen LogP contribution in [-0.2, 0) is 18.9 Å². The Morgan fingerprint density at radius 1 is 0.805 bits per heavy atom. The number of phenolic OH excluding ortho intramolecular Hbond substituents is 4. The van der Waals surface area contributed by atoms with Crippen LogP contribution in [0.2, 0.25) is 0 Å². The monoisotopic (exact) mass is 582 g/mol. The lowest BCUT2D eigenvalue weighted by Crippen LogP contribution is -2.63. The number of aliphatic hydroxyl groups is 6. The van der Waals surface area contributed by atoms with Crippen LogP contribution in [0.5, 0.6) is 28.7 Å². The maximum absolute atomic E-state index is 10.9. The van der Waals surface area contributed by atoms with Crippen LogP contribution in [0, 0.1) is 0 Å². The minimum atomic E-state index is -1.79. The highest BCUT2D eigenvalue weighted by atomic mass is 16.8. The highest BCUT2D eigenvalue weighted by Gasteiger charge is 2.50. The van der Waals surface area contributed by atoms with Crippen LogP contribution < -0.4 is 4.74 Å². The Bertz CT molecular complexity index is 1280. The van der Waals surface area contributed by atoms with Gasteiger partial charge in [-0.3, -0.25) is 0 Å². The van der Waals surface area contributed by atoms with E-state index >= 15 is 0 Å². The second-order valence-corrected chi connectivity index (χ2v) is 9.84. The molecule has 0 spiro atoms. The Kier molecular flexibility index (Phi) is 8.15. The van der Waals surface area contributed by atoms with Crippen molar-refractivity contribution in [2.75, 3.05) is 13.2 Å². The summed E-state index contributed by atoms with van der Waals surface area (Å²) in [5.74, 6) is -1.69. The first kappa shape index (κ1) is 29.1. The average molecular weight is 583 g/mol. The number of phenols is 4. The van der Waals surface area contributed by atoms with Gasteiger partial charge in [0, 0.05) is 17.7 Å². The number of aromatic hydroxyl groups is 4. The minimum Gasteiger partial charge on any atom is -0.508 e. The largest absolute Gasteiger partial charge is 0.508 e. The molecule has 224 valence electrons. The van der Waals surface area contributed by atoms with Crippen LogP contribution in [0.4, 0.5) is 0 Å². The Balaban J connectivity index is 1.51. The quantitative estimate of drug-likeness (QED) is 0.170. The second kappa shape index (κ2) is 11.5. The van der Waals surface area contributed by atoms with Gasteiger partial charge in [0.05, 0.1) is 18.8 Å². The van der Waals surface area contributed by atoms with Crippen molar-refractivity contribution in [2.45, 2.75) is 61.4 Å². The number of hydrogen-bond donors (Lipinski definition) is 10. The van der Waals surface area contributed by atoms with Gasteiger partial charge in [-0.15, -0.1) is 0 Å². The SMILES string of the molecule is OC[C@H]1O[C@@H](OC2=Cc3c(O)cc(O)cc3OC2c2ccc(O)c(O)c2)[C@H](O[C@@H]2OC[C@@H](O)[C@H](O)[C@H]2O)[C@@H](O)[C@H]1O. The molecule has 2 aromatic rings. The molecule has 0 amide bonds. The first-order valence-electron chi connectivity index (χ1n) is 12.5. The number of hydrogen-bond acceptors (Lipinski definition) is 15. The van der Waals surface area contributed by atoms with Gasteiger partial charge in [0.25, 0.3) is 0 Å². The van der Waals surface area contributed by atoms with E-state index in [4.69, 9.17) is 23.7 Å². The zero-order valence-corrected chi connectivity index (χ0v) is 21.2. The normalized spacial score (nSPS) is 35.2. The van der Waals surface area contributed by atoms with Gasteiger partial charge in [0.15, 0.2) is 30.0 Å². The van der Waals surface area contributed by atoms with Gasteiger partial charge in [0.2, 0.25) is 6.29 Å². The average Bonchev–Trinajstić information content (AvgIpc) is 2.94. The maximum atomic E-state index is 10.9. The number of benzene rings is 2. The van der Waals surface area contributed by atoms with E-state index < -0.39 is 86.1 Å². The van der Waals surface area contributed by atoms with E-state index in [2.05, 4.69) is 0 Å². The van der Waals surface area contributed by atoms with Crippen LogP contribution >= 0.6 is 0 Å². The molecular weight excluding hydrogens is 552 g/mol. The second-order valence-electron chi connectivity index (χ2n) is 9.84. The summed E-state index contributed by atoms with van der Waals surface area (Å²) in [4.78, 5) is 0. The summed E-state index contributed by atoms with van der Waals surface area (Å²) in [5.41, 5.74) is 0.309. The number of aliphatic hydroxyl groups excluding tert-OH is 6. The molecule has 2 fully saturated rings. The third-order valence-electron chi connectivity index (χ3n) is 7.02. The maximum Gasteiger partial charge on any atom is 0.229 e. The van der Waals surface area contributed by atoms with Crippen molar-refractivity contribution < 1.29 is 74.7 Å². The minimum absolute atomic E-state index is 0.0275. The molecule has 10 N–H and O–H groups in total. The predicted octanol–water partition coefficient (Wildman–Crippen LogP) is -1.74. The number of fused-ring (bicyclic) bond motifs is 1. The smallest absolute Gasteiger partial charge is 0.229 e. The summed E-state index contributed by atoms with van der Waals surface area (Å²) in [5, 5.41) is 101. The lowest BCUT2D eigenvalue weighted by atomic mass is 9.98.